The maximum absolute atomic E-state index is 10.8. The van der Waals surface area contributed by atoms with Crippen molar-refractivity contribution in [2.24, 2.45) is 0 Å². The molecule has 2 N–H and O–H groups in total. The summed E-state index contributed by atoms with van der Waals surface area (Å²) in [6, 6.07) is 0. The average Bonchev–Trinajstić information content (AvgIpc) is 2.44. The van der Waals surface area contributed by atoms with E-state index in [1.165, 1.54) is 6.26 Å². The molecule has 0 spiro atoms. The van der Waals surface area contributed by atoms with Crippen molar-refractivity contribution in [2.45, 2.75) is 19.4 Å². The van der Waals surface area contributed by atoms with Crippen molar-refractivity contribution in [3.8, 4) is 0 Å². The van der Waals surface area contributed by atoms with Crippen LogP contribution >= 0.6 is 0 Å². The van der Waals surface area contributed by atoms with E-state index in [0.717, 1.165) is 6.42 Å². The van der Waals surface area contributed by atoms with Gasteiger partial charge in [0.2, 0.25) is 0 Å². The third-order valence-corrected chi connectivity index (χ3v) is 2.74. The molecule has 1 rings (SSSR count). The fourth-order valence-electron chi connectivity index (χ4n) is 1.06. The third-order valence-electron chi connectivity index (χ3n) is 1.71. The maximum Gasteiger partial charge on any atom is 0.165 e. The molecule has 6 nitrogen and oxygen atoms in total. The largest absolute Gasteiger partial charge is 0.381 e. The predicted octanol–water partition coefficient (Wildman–Crippen LogP) is -0.315. The molecular formula is C7H14N4O2S. The van der Waals surface area contributed by atoms with Gasteiger partial charge in [0.1, 0.15) is 9.84 Å². The van der Waals surface area contributed by atoms with Crippen LogP contribution in [0.15, 0.2) is 6.20 Å². The van der Waals surface area contributed by atoms with Crippen molar-refractivity contribution in [1.82, 2.24) is 15.0 Å². The number of anilines is 1. The number of aromatic nitrogens is 3. The highest BCUT2D eigenvalue weighted by Gasteiger charge is 2.01. The van der Waals surface area contributed by atoms with Crippen LogP contribution in [0.2, 0.25) is 0 Å². The lowest BCUT2D eigenvalue weighted by Gasteiger charge is -1.99. The van der Waals surface area contributed by atoms with Gasteiger partial charge in [-0.15, -0.1) is 5.10 Å². The summed E-state index contributed by atoms with van der Waals surface area (Å²) < 4.78 is 23.2. The van der Waals surface area contributed by atoms with E-state index in [1.807, 2.05) is 0 Å². The van der Waals surface area contributed by atoms with Crippen molar-refractivity contribution in [3.05, 3.63) is 6.20 Å². The van der Waals surface area contributed by atoms with Crippen LogP contribution in [0.25, 0.3) is 0 Å². The normalized spacial score (nSPS) is 11.8. The molecule has 0 aromatic carbocycles. The molecule has 0 radical (unpaired) electrons. The lowest BCUT2D eigenvalue weighted by atomic mass is 10.3. The van der Waals surface area contributed by atoms with E-state index < -0.39 is 9.84 Å². The van der Waals surface area contributed by atoms with Crippen LogP contribution in [0.3, 0.4) is 0 Å². The second-order valence-electron chi connectivity index (χ2n) is 3.24. The standard InChI is InChI=1S/C7H14N4O2S/c1-14(12,13)5-3-2-4-11-6-7(8)9-10-11/h6H,2-5,8H2,1H3. The average molecular weight is 218 g/mol. The molecule has 80 valence electrons. The molecule has 0 atom stereocenters. The Balaban J connectivity index is 2.23. The zero-order valence-corrected chi connectivity index (χ0v) is 8.87. The second-order valence-corrected chi connectivity index (χ2v) is 5.50. The molecule has 0 aliphatic heterocycles. The molecule has 14 heavy (non-hydrogen) atoms. The van der Waals surface area contributed by atoms with Crippen LogP contribution in [0.4, 0.5) is 5.82 Å². The number of sulfone groups is 1. The topological polar surface area (TPSA) is 90.9 Å². The van der Waals surface area contributed by atoms with Gasteiger partial charge in [0.05, 0.1) is 6.20 Å². The van der Waals surface area contributed by atoms with Gasteiger partial charge in [-0.2, -0.15) is 0 Å². The molecular weight excluding hydrogens is 204 g/mol. The van der Waals surface area contributed by atoms with Crippen LogP contribution in [0, 0.1) is 0 Å². The first kappa shape index (κ1) is 11.0. The summed E-state index contributed by atoms with van der Waals surface area (Å²) in [4.78, 5) is 0. The Morgan fingerprint density at radius 2 is 2.21 bits per heavy atom. The van der Waals surface area contributed by atoms with Gasteiger partial charge in [-0.1, -0.05) is 5.21 Å². The molecule has 0 fully saturated rings. The summed E-state index contributed by atoms with van der Waals surface area (Å²) in [5.41, 5.74) is 5.36. The lowest BCUT2D eigenvalue weighted by Crippen LogP contribution is -2.05. The number of rotatable bonds is 5. The smallest absolute Gasteiger partial charge is 0.165 e. The monoisotopic (exact) mass is 218 g/mol. The third kappa shape index (κ3) is 4.22. The predicted molar refractivity (Wildman–Crippen MR) is 53.4 cm³/mol. The lowest BCUT2D eigenvalue weighted by molar-refractivity contribution is 0.547. The van der Waals surface area contributed by atoms with Crippen molar-refractivity contribution < 1.29 is 8.42 Å². The van der Waals surface area contributed by atoms with E-state index >= 15 is 0 Å². The van der Waals surface area contributed by atoms with E-state index in [0.29, 0.717) is 18.8 Å². The fourth-order valence-corrected chi connectivity index (χ4v) is 1.79. The SMILES string of the molecule is CS(=O)(=O)CCCCn1cc(N)nn1. The van der Waals surface area contributed by atoms with Gasteiger partial charge in [-0.3, -0.25) is 4.68 Å². The zero-order chi connectivity index (χ0) is 10.6. The summed E-state index contributed by atoms with van der Waals surface area (Å²) in [6.07, 6.45) is 4.26. The van der Waals surface area contributed by atoms with Gasteiger partial charge < -0.3 is 5.73 Å². The Bertz CT molecular complexity index is 384. The van der Waals surface area contributed by atoms with Gasteiger partial charge in [0.15, 0.2) is 5.82 Å². The molecule has 7 heteroatoms. The molecule has 1 heterocycles. The minimum atomic E-state index is -2.84. The van der Waals surface area contributed by atoms with Gasteiger partial charge in [-0.05, 0) is 12.8 Å². The quantitative estimate of drug-likeness (QED) is 0.684. The molecule has 1 aromatic heterocycles. The fraction of sp³-hybridized carbons (Fsp3) is 0.714. The first-order valence-electron chi connectivity index (χ1n) is 4.31. The van der Waals surface area contributed by atoms with E-state index in [2.05, 4.69) is 10.3 Å². The molecule has 0 aliphatic carbocycles. The van der Waals surface area contributed by atoms with Gasteiger partial charge in [0.25, 0.3) is 0 Å². The number of aryl methyl sites for hydroxylation is 1. The zero-order valence-electron chi connectivity index (χ0n) is 8.05. The first-order valence-corrected chi connectivity index (χ1v) is 6.37. The van der Waals surface area contributed by atoms with Crippen molar-refractivity contribution in [2.75, 3.05) is 17.7 Å². The Hall–Kier alpha value is -1.11. The van der Waals surface area contributed by atoms with Crippen LogP contribution in [-0.2, 0) is 16.4 Å². The Morgan fingerprint density at radius 1 is 1.50 bits per heavy atom. The highest BCUT2D eigenvalue weighted by atomic mass is 32.2. The number of nitrogen functional groups attached to an aromatic ring is 1. The number of unbranched alkanes of at least 4 members (excludes halogenated alkanes) is 1. The van der Waals surface area contributed by atoms with E-state index in [4.69, 9.17) is 5.73 Å². The van der Waals surface area contributed by atoms with Crippen LogP contribution in [-0.4, -0.2) is 35.4 Å². The summed E-state index contributed by atoms with van der Waals surface area (Å²) in [7, 11) is -2.84. The number of nitrogens with zero attached hydrogens (tertiary/aromatic N) is 3. The molecule has 0 saturated heterocycles. The summed E-state index contributed by atoms with van der Waals surface area (Å²) >= 11 is 0. The first-order chi connectivity index (χ1) is 6.47. The molecule has 0 unspecified atom stereocenters. The van der Waals surface area contributed by atoms with Crippen LogP contribution < -0.4 is 5.73 Å². The Labute approximate surface area is 83.0 Å². The van der Waals surface area contributed by atoms with Crippen LogP contribution in [0.1, 0.15) is 12.8 Å². The van der Waals surface area contributed by atoms with Gasteiger partial charge >= 0.3 is 0 Å². The molecule has 0 aliphatic rings. The van der Waals surface area contributed by atoms with E-state index in [9.17, 15) is 8.42 Å². The molecule has 0 bridgehead atoms. The number of nitrogens with two attached hydrogens (primary N) is 1. The molecule has 0 amide bonds. The van der Waals surface area contributed by atoms with Gasteiger partial charge in [-0.25, -0.2) is 8.42 Å². The van der Waals surface area contributed by atoms with E-state index in [1.54, 1.807) is 10.9 Å². The molecule has 1 aromatic rings. The number of hydrogen-bond acceptors (Lipinski definition) is 5. The maximum atomic E-state index is 10.8. The highest BCUT2D eigenvalue weighted by molar-refractivity contribution is 7.90. The van der Waals surface area contributed by atoms with Crippen molar-refractivity contribution in [3.63, 3.8) is 0 Å². The summed E-state index contributed by atoms with van der Waals surface area (Å²) in [6.45, 7) is 0.652. The minimum Gasteiger partial charge on any atom is -0.381 e. The highest BCUT2D eigenvalue weighted by Crippen LogP contribution is 1.99. The Kier molecular flexibility index (Phi) is 3.45. The van der Waals surface area contributed by atoms with Crippen LogP contribution in [0.5, 0.6) is 0 Å². The second kappa shape index (κ2) is 4.41. The molecule has 0 saturated carbocycles. The Morgan fingerprint density at radius 3 is 2.71 bits per heavy atom. The minimum absolute atomic E-state index is 0.219. The van der Waals surface area contributed by atoms with Gasteiger partial charge in [0, 0.05) is 18.6 Å². The van der Waals surface area contributed by atoms with Crippen molar-refractivity contribution in [1.29, 1.82) is 0 Å². The number of hydrogen-bond donors (Lipinski definition) is 1. The summed E-state index contributed by atoms with van der Waals surface area (Å²) in [5, 5.41) is 7.36. The van der Waals surface area contributed by atoms with E-state index in [-0.39, 0.29) is 5.75 Å². The van der Waals surface area contributed by atoms with Crippen molar-refractivity contribution >= 4 is 15.7 Å². The summed E-state index contributed by atoms with van der Waals surface area (Å²) in [5.74, 6) is 0.602.